The summed E-state index contributed by atoms with van der Waals surface area (Å²) in [6.45, 7) is 4.79. The Hall–Kier alpha value is -0.430. The molecule has 96 valence electrons. The Bertz CT molecular complexity index is 506. The zero-order chi connectivity index (χ0) is 13.3. The van der Waals surface area contributed by atoms with Crippen molar-refractivity contribution in [2.45, 2.75) is 31.3 Å². The van der Waals surface area contributed by atoms with Gasteiger partial charge in [0.25, 0.3) is 0 Å². The van der Waals surface area contributed by atoms with Crippen molar-refractivity contribution in [3.63, 3.8) is 0 Å². The molecule has 0 aliphatic rings. The quantitative estimate of drug-likeness (QED) is 0.888. The number of halogens is 1. The van der Waals surface area contributed by atoms with Crippen LogP contribution in [0.3, 0.4) is 0 Å². The number of benzene rings is 1. The molecule has 0 spiro atoms. The van der Waals surface area contributed by atoms with Crippen LogP contribution in [0.25, 0.3) is 0 Å². The lowest BCUT2D eigenvalue weighted by Crippen LogP contribution is -2.38. The molecule has 1 aromatic rings. The second kappa shape index (κ2) is 5.06. The molecule has 0 unspecified atom stereocenters. The molecule has 0 radical (unpaired) electrons. The van der Waals surface area contributed by atoms with Crippen LogP contribution in [0.5, 0.6) is 0 Å². The van der Waals surface area contributed by atoms with Crippen molar-refractivity contribution in [3.8, 4) is 0 Å². The van der Waals surface area contributed by atoms with Gasteiger partial charge in [-0.2, -0.15) is 0 Å². The van der Waals surface area contributed by atoms with E-state index in [0.717, 1.165) is 0 Å². The predicted octanol–water partition coefficient (Wildman–Crippen LogP) is 1.81. The van der Waals surface area contributed by atoms with E-state index in [1.165, 1.54) is 0 Å². The minimum absolute atomic E-state index is 0.0265. The van der Waals surface area contributed by atoms with Gasteiger partial charge in [0, 0.05) is 11.0 Å². The third-order valence-electron chi connectivity index (χ3n) is 2.13. The second-order valence-corrected chi connectivity index (χ2v) is 7.20. The highest BCUT2D eigenvalue weighted by atomic mass is 79.9. The summed E-state index contributed by atoms with van der Waals surface area (Å²) in [4.78, 5) is 0.219. The van der Waals surface area contributed by atoms with Crippen molar-refractivity contribution in [1.82, 2.24) is 4.72 Å². The van der Waals surface area contributed by atoms with E-state index >= 15 is 0 Å². The minimum Gasteiger partial charge on any atom is -0.389 e. The van der Waals surface area contributed by atoms with Gasteiger partial charge in [0.05, 0.1) is 10.5 Å². The SMILES string of the molecule is Cc1ccc(Br)cc1S(=O)(=O)NCC(C)(C)O. The molecule has 1 aromatic carbocycles. The number of aryl methyl sites for hydroxylation is 1. The first-order chi connectivity index (χ1) is 7.62. The second-order valence-electron chi connectivity index (χ2n) is 4.55. The van der Waals surface area contributed by atoms with Crippen LogP contribution in [-0.4, -0.2) is 25.7 Å². The molecule has 0 aliphatic heterocycles. The van der Waals surface area contributed by atoms with E-state index in [9.17, 15) is 13.5 Å². The summed E-state index contributed by atoms with van der Waals surface area (Å²) < 4.78 is 27.1. The first kappa shape index (κ1) is 14.6. The summed E-state index contributed by atoms with van der Waals surface area (Å²) in [5, 5.41) is 9.52. The zero-order valence-corrected chi connectivity index (χ0v) is 12.4. The monoisotopic (exact) mass is 321 g/mol. The summed E-state index contributed by atoms with van der Waals surface area (Å²) >= 11 is 3.24. The Kier molecular flexibility index (Phi) is 4.35. The van der Waals surface area contributed by atoms with Gasteiger partial charge >= 0.3 is 0 Å². The van der Waals surface area contributed by atoms with Crippen LogP contribution in [0.2, 0.25) is 0 Å². The summed E-state index contributed by atoms with van der Waals surface area (Å²) in [5.41, 5.74) is -0.413. The minimum atomic E-state index is -3.59. The Balaban J connectivity index is 3.02. The fourth-order valence-electron chi connectivity index (χ4n) is 1.21. The number of hydrogen-bond acceptors (Lipinski definition) is 3. The fraction of sp³-hybridized carbons (Fsp3) is 0.455. The topological polar surface area (TPSA) is 66.4 Å². The highest BCUT2D eigenvalue weighted by molar-refractivity contribution is 9.10. The predicted molar refractivity (Wildman–Crippen MR) is 70.4 cm³/mol. The third-order valence-corrected chi connectivity index (χ3v) is 4.17. The van der Waals surface area contributed by atoms with Gasteiger partial charge < -0.3 is 5.11 Å². The average molecular weight is 322 g/mol. The Morgan fingerprint density at radius 1 is 1.41 bits per heavy atom. The number of hydrogen-bond donors (Lipinski definition) is 2. The van der Waals surface area contributed by atoms with E-state index in [0.29, 0.717) is 10.0 Å². The Morgan fingerprint density at radius 3 is 2.53 bits per heavy atom. The van der Waals surface area contributed by atoms with Gasteiger partial charge in [-0.3, -0.25) is 0 Å². The number of rotatable bonds is 4. The van der Waals surface area contributed by atoms with E-state index in [1.807, 2.05) is 0 Å². The van der Waals surface area contributed by atoms with Crippen LogP contribution in [0.4, 0.5) is 0 Å². The maximum Gasteiger partial charge on any atom is 0.240 e. The molecule has 0 aliphatic carbocycles. The van der Waals surface area contributed by atoms with Crippen molar-refractivity contribution in [3.05, 3.63) is 28.2 Å². The Labute approximate surface area is 110 Å². The van der Waals surface area contributed by atoms with Crippen LogP contribution in [0, 0.1) is 6.92 Å². The highest BCUT2D eigenvalue weighted by Crippen LogP contribution is 2.20. The molecular formula is C11H16BrNO3S. The van der Waals surface area contributed by atoms with Crippen LogP contribution >= 0.6 is 15.9 Å². The van der Waals surface area contributed by atoms with Gasteiger partial charge in [-0.1, -0.05) is 22.0 Å². The fourth-order valence-corrected chi connectivity index (χ4v) is 3.20. The van der Waals surface area contributed by atoms with Crippen molar-refractivity contribution < 1.29 is 13.5 Å². The van der Waals surface area contributed by atoms with Gasteiger partial charge in [0.1, 0.15) is 0 Å². The molecule has 0 aromatic heterocycles. The number of sulfonamides is 1. The molecular weight excluding hydrogens is 306 g/mol. The van der Waals surface area contributed by atoms with Crippen LogP contribution in [0.15, 0.2) is 27.6 Å². The van der Waals surface area contributed by atoms with Crippen molar-refractivity contribution in [2.75, 3.05) is 6.54 Å². The number of nitrogens with one attached hydrogen (secondary N) is 1. The van der Waals surface area contributed by atoms with Gasteiger partial charge in [-0.15, -0.1) is 0 Å². The molecule has 0 bridgehead atoms. The average Bonchev–Trinajstić information content (AvgIpc) is 2.18. The molecule has 4 nitrogen and oxygen atoms in total. The van der Waals surface area contributed by atoms with Crippen molar-refractivity contribution in [2.24, 2.45) is 0 Å². The molecule has 0 amide bonds. The largest absolute Gasteiger partial charge is 0.389 e. The van der Waals surface area contributed by atoms with Crippen molar-refractivity contribution >= 4 is 26.0 Å². The third kappa shape index (κ3) is 4.39. The van der Waals surface area contributed by atoms with E-state index in [-0.39, 0.29) is 11.4 Å². The lowest BCUT2D eigenvalue weighted by molar-refractivity contribution is 0.0857. The van der Waals surface area contributed by atoms with Crippen LogP contribution in [-0.2, 0) is 10.0 Å². The lowest BCUT2D eigenvalue weighted by Gasteiger charge is -2.18. The zero-order valence-electron chi connectivity index (χ0n) is 9.99. The standard InChI is InChI=1S/C11H16BrNO3S/c1-8-4-5-9(12)6-10(8)17(15,16)13-7-11(2,3)14/h4-6,13-14H,7H2,1-3H3. The van der Waals surface area contributed by atoms with Gasteiger partial charge in [-0.05, 0) is 38.5 Å². The molecule has 2 N–H and O–H groups in total. The smallest absolute Gasteiger partial charge is 0.240 e. The van der Waals surface area contributed by atoms with Gasteiger partial charge in [0.2, 0.25) is 10.0 Å². The van der Waals surface area contributed by atoms with Crippen LogP contribution < -0.4 is 4.72 Å². The van der Waals surface area contributed by atoms with Gasteiger partial charge in [-0.25, -0.2) is 13.1 Å². The number of aliphatic hydroxyl groups is 1. The van der Waals surface area contributed by atoms with E-state index in [4.69, 9.17) is 0 Å². The summed E-state index contributed by atoms with van der Waals surface area (Å²) in [5.74, 6) is 0. The maximum absolute atomic E-state index is 12.0. The summed E-state index contributed by atoms with van der Waals surface area (Å²) in [6, 6.07) is 5.05. The summed E-state index contributed by atoms with van der Waals surface area (Å²) in [7, 11) is -3.59. The van der Waals surface area contributed by atoms with E-state index in [2.05, 4.69) is 20.7 Å². The molecule has 0 fully saturated rings. The molecule has 0 heterocycles. The molecule has 0 saturated carbocycles. The van der Waals surface area contributed by atoms with Gasteiger partial charge in [0.15, 0.2) is 0 Å². The maximum atomic E-state index is 12.0. The van der Waals surface area contributed by atoms with Crippen LogP contribution in [0.1, 0.15) is 19.4 Å². The molecule has 6 heteroatoms. The first-order valence-electron chi connectivity index (χ1n) is 5.10. The molecule has 17 heavy (non-hydrogen) atoms. The normalized spacial score (nSPS) is 12.8. The Morgan fingerprint density at radius 2 is 2.00 bits per heavy atom. The molecule has 1 rings (SSSR count). The van der Waals surface area contributed by atoms with E-state index in [1.54, 1.807) is 39.0 Å². The summed E-state index contributed by atoms with van der Waals surface area (Å²) in [6.07, 6.45) is 0. The highest BCUT2D eigenvalue weighted by Gasteiger charge is 2.21. The molecule has 0 atom stereocenters. The van der Waals surface area contributed by atoms with Crippen molar-refractivity contribution in [1.29, 1.82) is 0 Å². The van der Waals surface area contributed by atoms with E-state index < -0.39 is 15.6 Å². The molecule has 0 saturated heterocycles. The lowest BCUT2D eigenvalue weighted by atomic mass is 10.1. The first-order valence-corrected chi connectivity index (χ1v) is 7.38.